The van der Waals surface area contributed by atoms with Crippen LogP contribution in [0.25, 0.3) is 0 Å². The van der Waals surface area contributed by atoms with Gasteiger partial charge in [-0.3, -0.25) is 4.79 Å². The predicted octanol–water partition coefficient (Wildman–Crippen LogP) is 2.04. The number of benzene rings is 1. The van der Waals surface area contributed by atoms with Gasteiger partial charge in [-0.05, 0) is 12.5 Å². The first-order valence-corrected chi connectivity index (χ1v) is 5.32. The molecule has 2 rings (SSSR count). The molecule has 0 fully saturated rings. The van der Waals surface area contributed by atoms with Crippen molar-refractivity contribution in [2.24, 2.45) is 0 Å². The molecule has 1 aromatic rings. The number of hydrogen-bond acceptors (Lipinski definition) is 2. The molecule has 1 aromatic carbocycles. The Morgan fingerprint density at radius 2 is 2.33 bits per heavy atom. The van der Waals surface area contributed by atoms with E-state index in [1.165, 1.54) is 0 Å². The molecule has 80 valence electrons. The number of amides is 1. The van der Waals surface area contributed by atoms with Crippen molar-refractivity contribution in [3.8, 4) is 5.75 Å². The van der Waals surface area contributed by atoms with Crippen LogP contribution in [0.15, 0.2) is 24.3 Å². The zero-order chi connectivity index (χ0) is 10.7. The summed E-state index contributed by atoms with van der Waals surface area (Å²) in [5.41, 5.74) is 1.09. The molecule has 0 spiro atoms. The van der Waals surface area contributed by atoms with E-state index in [9.17, 15) is 4.79 Å². The summed E-state index contributed by atoms with van der Waals surface area (Å²) in [5.74, 6) is 0.988. The molecular weight excluding hydrogens is 190 g/mol. The largest absolute Gasteiger partial charge is 0.491 e. The van der Waals surface area contributed by atoms with Crippen molar-refractivity contribution in [3.63, 3.8) is 0 Å². The highest BCUT2D eigenvalue weighted by Crippen LogP contribution is 2.31. The lowest BCUT2D eigenvalue weighted by Gasteiger charge is -2.10. The Morgan fingerprint density at radius 1 is 1.53 bits per heavy atom. The van der Waals surface area contributed by atoms with Gasteiger partial charge in [0.05, 0.1) is 6.04 Å². The normalized spacial score (nSPS) is 18.1. The number of carbonyl (C=O) groups excluding carboxylic acids is 1. The summed E-state index contributed by atoms with van der Waals surface area (Å²) in [6.45, 7) is 2.55. The molecule has 1 N–H and O–H groups in total. The first kappa shape index (κ1) is 10.0. The van der Waals surface area contributed by atoms with Crippen LogP contribution in [0.2, 0.25) is 0 Å². The molecule has 0 bridgehead atoms. The predicted molar refractivity (Wildman–Crippen MR) is 57.7 cm³/mol. The molecule has 1 heterocycles. The van der Waals surface area contributed by atoms with E-state index in [1.807, 2.05) is 31.2 Å². The van der Waals surface area contributed by atoms with E-state index in [0.29, 0.717) is 13.0 Å². The number of rotatable bonds is 3. The Bertz CT molecular complexity index is 362. The minimum absolute atomic E-state index is 0.0280. The number of carbonyl (C=O) groups is 1. The fraction of sp³-hybridized carbons (Fsp3) is 0.417. The van der Waals surface area contributed by atoms with Gasteiger partial charge in [0.25, 0.3) is 0 Å². The molecule has 0 saturated heterocycles. The highest BCUT2D eigenvalue weighted by Gasteiger charge is 2.24. The van der Waals surface area contributed by atoms with Crippen molar-refractivity contribution in [3.05, 3.63) is 29.8 Å². The van der Waals surface area contributed by atoms with E-state index in [2.05, 4.69) is 5.32 Å². The van der Waals surface area contributed by atoms with E-state index in [4.69, 9.17) is 4.74 Å². The summed E-state index contributed by atoms with van der Waals surface area (Å²) in [5, 5.41) is 2.97. The summed E-state index contributed by atoms with van der Waals surface area (Å²) >= 11 is 0. The lowest BCUT2D eigenvalue weighted by molar-refractivity contribution is -0.121. The number of hydrogen-bond donors (Lipinski definition) is 1. The highest BCUT2D eigenvalue weighted by atomic mass is 16.5. The van der Waals surface area contributed by atoms with Gasteiger partial charge in [-0.25, -0.2) is 0 Å². The third-order valence-corrected chi connectivity index (χ3v) is 2.51. The van der Waals surface area contributed by atoms with Crippen molar-refractivity contribution in [1.29, 1.82) is 0 Å². The molecule has 1 aliphatic rings. The standard InChI is InChI=1S/C12H15NO2/c1-2-5-12(14)13-10-8-15-11-7-4-3-6-9(10)11/h3-4,6-7,10H,2,5,8H2,1H3,(H,13,14). The second-order valence-electron chi connectivity index (χ2n) is 3.72. The van der Waals surface area contributed by atoms with Crippen molar-refractivity contribution in [2.75, 3.05) is 6.61 Å². The fourth-order valence-electron chi connectivity index (χ4n) is 1.78. The zero-order valence-corrected chi connectivity index (χ0v) is 8.82. The quantitative estimate of drug-likeness (QED) is 0.820. The van der Waals surface area contributed by atoms with Crippen LogP contribution in [0.1, 0.15) is 31.4 Å². The lowest BCUT2D eigenvalue weighted by Crippen LogP contribution is -2.28. The maximum atomic E-state index is 11.4. The third-order valence-electron chi connectivity index (χ3n) is 2.51. The molecule has 3 heteroatoms. The van der Waals surface area contributed by atoms with Crippen LogP contribution in [-0.2, 0) is 4.79 Å². The smallest absolute Gasteiger partial charge is 0.220 e. The van der Waals surface area contributed by atoms with Gasteiger partial charge in [-0.2, -0.15) is 0 Å². The lowest BCUT2D eigenvalue weighted by atomic mass is 10.1. The summed E-state index contributed by atoms with van der Waals surface area (Å²) in [4.78, 5) is 11.4. The van der Waals surface area contributed by atoms with Crippen LogP contribution in [-0.4, -0.2) is 12.5 Å². The Balaban J connectivity index is 2.04. The van der Waals surface area contributed by atoms with Gasteiger partial charge >= 0.3 is 0 Å². The number of fused-ring (bicyclic) bond motifs is 1. The number of ether oxygens (including phenoxy) is 1. The first-order chi connectivity index (χ1) is 7.31. The summed E-state index contributed by atoms with van der Waals surface area (Å²) in [6.07, 6.45) is 1.46. The van der Waals surface area contributed by atoms with E-state index < -0.39 is 0 Å². The second-order valence-corrected chi connectivity index (χ2v) is 3.72. The van der Waals surface area contributed by atoms with Gasteiger partial charge in [-0.15, -0.1) is 0 Å². The molecule has 15 heavy (non-hydrogen) atoms. The molecule has 1 aliphatic heterocycles. The number of para-hydroxylation sites is 1. The maximum Gasteiger partial charge on any atom is 0.220 e. The average molecular weight is 205 g/mol. The molecule has 1 unspecified atom stereocenters. The fourth-order valence-corrected chi connectivity index (χ4v) is 1.78. The van der Waals surface area contributed by atoms with Crippen LogP contribution in [0.5, 0.6) is 5.75 Å². The van der Waals surface area contributed by atoms with Crippen LogP contribution < -0.4 is 10.1 Å². The van der Waals surface area contributed by atoms with E-state index >= 15 is 0 Å². The second kappa shape index (κ2) is 4.34. The SMILES string of the molecule is CCCC(=O)NC1COc2ccccc21. The van der Waals surface area contributed by atoms with Crippen LogP contribution in [0, 0.1) is 0 Å². The van der Waals surface area contributed by atoms with Crippen molar-refractivity contribution in [2.45, 2.75) is 25.8 Å². The Labute approximate surface area is 89.4 Å². The Kier molecular flexibility index (Phi) is 2.90. The first-order valence-electron chi connectivity index (χ1n) is 5.32. The molecule has 0 aliphatic carbocycles. The third kappa shape index (κ3) is 2.12. The van der Waals surface area contributed by atoms with E-state index in [-0.39, 0.29) is 11.9 Å². The van der Waals surface area contributed by atoms with Gasteiger partial charge in [-0.1, -0.05) is 25.1 Å². The summed E-state index contributed by atoms with van der Waals surface area (Å²) in [6, 6.07) is 7.86. The monoisotopic (exact) mass is 205 g/mol. The molecule has 1 atom stereocenters. The number of nitrogens with one attached hydrogen (secondary N) is 1. The van der Waals surface area contributed by atoms with Gasteiger partial charge in [0.15, 0.2) is 0 Å². The highest BCUT2D eigenvalue weighted by molar-refractivity contribution is 5.76. The van der Waals surface area contributed by atoms with Gasteiger partial charge in [0, 0.05) is 12.0 Å². The topological polar surface area (TPSA) is 38.3 Å². The van der Waals surface area contributed by atoms with Crippen LogP contribution >= 0.6 is 0 Å². The van der Waals surface area contributed by atoms with Crippen molar-refractivity contribution < 1.29 is 9.53 Å². The van der Waals surface area contributed by atoms with Crippen molar-refractivity contribution in [1.82, 2.24) is 5.32 Å². The summed E-state index contributed by atoms with van der Waals surface area (Å²) in [7, 11) is 0. The minimum Gasteiger partial charge on any atom is -0.491 e. The van der Waals surface area contributed by atoms with Crippen LogP contribution in [0.4, 0.5) is 0 Å². The van der Waals surface area contributed by atoms with Crippen molar-refractivity contribution >= 4 is 5.91 Å². The van der Waals surface area contributed by atoms with Gasteiger partial charge < -0.3 is 10.1 Å². The molecule has 0 aromatic heterocycles. The van der Waals surface area contributed by atoms with Gasteiger partial charge in [0.1, 0.15) is 12.4 Å². The Hall–Kier alpha value is -1.51. The zero-order valence-electron chi connectivity index (χ0n) is 8.82. The Morgan fingerprint density at radius 3 is 3.13 bits per heavy atom. The molecule has 3 nitrogen and oxygen atoms in total. The van der Waals surface area contributed by atoms with E-state index in [0.717, 1.165) is 17.7 Å². The molecular formula is C12H15NO2. The van der Waals surface area contributed by atoms with Gasteiger partial charge in [0.2, 0.25) is 5.91 Å². The molecule has 0 saturated carbocycles. The summed E-state index contributed by atoms with van der Waals surface area (Å²) < 4.78 is 5.48. The van der Waals surface area contributed by atoms with Crippen LogP contribution in [0.3, 0.4) is 0 Å². The van der Waals surface area contributed by atoms with E-state index in [1.54, 1.807) is 0 Å². The molecule has 1 amide bonds. The maximum absolute atomic E-state index is 11.4. The average Bonchev–Trinajstić information content (AvgIpc) is 2.62. The minimum atomic E-state index is 0.0280. The molecule has 0 radical (unpaired) electrons.